The molecular weight excluding hydrogens is 532 g/mol. The van der Waals surface area contributed by atoms with Crippen molar-refractivity contribution in [3.63, 3.8) is 0 Å². The largest absolute Gasteiger partial charge is 0.374 e. The van der Waals surface area contributed by atoms with Crippen LogP contribution in [0.25, 0.3) is 16.9 Å². The normalized spacial score (nSPS) is 18.9. The van der Waals surface area contributed by atoms with Gasteiger partial charge in [-0.1, -0.05) is 67.5 Å². The molecule has 42 heavy (non-hydrogen) atoms. The van der Waals surface area contributed by atoms with Crippen molar-refractivity contribution in [2.75, 3.05) is 18.2 Å². The van der Waals surface area contributed by atoms with Gasteiger partial charge < -0.3 is 9.57 Å². The molecule has 2 aromatic heterocycles. The maximum atomic E-state index is 14.2. The Balaban J connectivity index is 1.31. The van der Waals surface area contributed by atoms with Crippen molar-refractivity contribution in [3.05, 3.63) is 94.7 Å². The summed E-state index contributed by atoms with van der Waals surface area (Å²) in [5, 5.41) is 6.26. The Kier molecular flexibility index (Phi) is 8.16. The maximum Gasteiger partial charge on any atom is 0.347 e. The second-order valence-electron chi connectivity index (χ2n) is 10.9. The van der Waals surface area contributed by atoms with Crippen molar-refractivity contribution in [3.8, 4) is 11.1 Å². The number of ether oxygens (including phenoxy) is 1. The van der Waals surface area contributed by atoms with E-state index in [9.17, 15) is 9.59 Å². The van der Waals surface area contributed by atoms with Gasteiger partial charge in [0.1, 0.15) is 12.9 Å². The molecule has 10 heteroatoms. The van der Waals surface area contributed by atoms with Gasteiger partial charge in [-0.15, -0.1) is 6.58 Å². The zero-order valence-electron chi connectivity index (χ0n) is 23.9. The summed E-state index contributed by atoms with van der Waals surface area (Å²) in [5.41, 5.74) is 8.26. The number of para-hydroxylation sites is 1. The van der Waals surface area contributed by atoms with Crippen LogP contribution >= 0.6 is 0 Å². The summed E-state index contributed by atoms with van der Waals surface area (Å²) in [4.78, 5) is 35.3. The third-order valence-corrected chi connectivity index (χ3v) is 8.17. The standard InChI is InChI=1S/C32H36N6O4/c1-3-7-29-27(31(40)37(32-33-21-34-38(29)32)24-14-16-25(17-15-24)41-18-4-2)19-22-10-12-23(13-11-22)26-8-5-6-9-28(26)36-20-30(39)42-35-36/h4-6,8-13,21,24-25,35H,2-3,7,14-20H2,1H3. The lowest BCUT2D eigenvalue weighted by Gasteiger charge is -2.30. The predicted octanol–water partition coefficient (Wildman–Crippen LogP) is 4.57. The Hall–Kier alpha value is -4.28. The third-order valence-electron chi connectivity index (χ3n) is 8.17. The third kappa shape index (κ3) is 5.47. The van der Waals surface area contributed by atoms with Gasteiger partial charge in [0.05, 0.1) is 24.1 Å². The first-order valence-electron chi connectivity index (χ1n) is 14.7. The lowest BCUT2D eigenvalue weighted by Crippen LogP contribution is -2.35. The average molecular weight is 569 g/mol. The first-order chi connectivity index (χ1) is 20.6. The van der Waals surface area contributed by atoms with Gasteiger partial charge in [0.2, 0.25) is 5.78 Å². The number of nitrogens with zero attached hydrogens (tertiary/aromatic N) is 5. The summed E-state index contributed by atoms with van der Waals surface area (Å²) in [6, 6.07) is 16.2. The molecule has 4 aromatic rings. The van der Waals surface area contributed by atoms with E-state index in [1.165, 1.54) is 0 Å². The van der Waals surface area contributed by atoms with Crippen molar-refractivity contribution in [1.82, 2.24) is 24.8 Å². The van der Waals surface area contributed by atoms with Crippen LogP contribution in [0.1, 0.15) is 61.9 Å². The Labute approximate surface area is 244 Å². The summed E-state index contributed by atoms with van der Waals surface area (Å²) < 4.78 is 9.64. The summed E-state index contributed by atoms with van der Waals surface area (Å²) >= 11 is 0. The number of hydrogen-bond acceptors (Lipinski definition) is 8. The molecule has 0 spiro atoms. The molecular formula is C32H36N6O4. The fourth-order valence-corrected chi connectivity index (χ4v) is 6.15. The van der Waals surface area contributed by atoms with Crippen LogP contribution in [0, 0.1) is 0 Å². The van der Waals surface area contributed by atoms with E-state index >= 15 is 0 Å². The highest BCUT2D eigenvalue weighted by Gasteiger charge is 2.28. The van der Waals surface area contributed by atoms with Gasteiger partial charge in [-0.3, -0.25) is 14.4 Å². The number of nitrogens with one attached hydrogen (secondary N) is 1. The number of carbonyl (C=O) groups excluding carboxylic acids is 1. The molecule has 2 aromatic carbocycles. The van der Waals surface area contributed by atoms with Gasteiger partial charge in [-0.2, -0.15) is 10.1 Å². The lowest BCUT2D eigenvalue weighted by atomic mass is 9.92. The van der Waals surface area contributed by atoms with E-state index in [0.29, 0.717) is 18.8 Å². The van der Waals surface area contributed by atoms with Crippen molar-refractivity contribution in [1.29, 1.82) is 0 Å². The van der Waals surface area contributed by atoms with Crippen LogP contribution < -0.4 is 16.2 Å². The van der Waals surface area contributed by atoms with Crippen molar-refractivity contribution in [2.45, 2.75) is 64.0 Å². The van der Waals surface area contributed by atoms with Crippen LogP contribution in [-0.2, 0) is 27.2 Å². The van der Waals surface area contributed by atoms with Gasteiger partial charge in [0.15, 0.2) is 0 Å². The van der Waals surface area contributed by atoms with Gasteiger partial charge in [-0.25, -0.2) is 9.31 Å². The van der Waals surface area contributed by atoms with Crippen LogP contribution in [-0.4, -0.2) is 44.4 Å². The molecule has 1 aliphatic carbocycles. The first kappa shape index (κ1) is 27.9. The number of anilines is 1. The molecule has 2 aliphatic rings. The Morgan fingerprint density at radius 2 is 1.88 bits per heavy atom. The molecule has 6 rings (SSSR count). The number of carbonyl (C=O) groups is 1. The monoisotopic (exact) mass is 568 g/mol. The van der Waals surface area contributed by atoms with Gasteiger partial charge in [-0.05, 0) is 49.3 Å². The number of aromatic nitrogens is 4. The van der Waals surface area contributed by atoms with E-state index in [1.54, 1.807) is 17.4 Å². The molecule has 0 atom stereocenters. The average Bonchev–Trinajstić information content (AvgIpc) is 3.68. The van der Waals surface area contributed by atoms with E-state index in [4.69, 9.17) is 9.57 Å². The maximum absolute atomic E-state index is 14.2. The predicted molar refractivity (Wildman–Crippen MR) is 160 cm³/mol. The second kappa shape index (κ2) is 12.3. The summed E-state index contributed by atoms with van der Waals surface area (Å²) in [5.74, 6) is 0.291. The molecule has 218 valence electrons. The molecule has 1 saturated carbocycles. The minimum absolute atomic E-state index is 0.0219. The quantitative estimate of drug-likeness (QED) is 0.278. The van der Waals surface area contributed by atoms with Crippen LogP contribution in [0.15, 0.2) is 72.3 Å². The summed E-state index contributed by atoms with van der Waals surface area (Å²) in [6.07, 6.45) is 9.16. The summed E-state index contributed by atoms with van der Waals surface area (Å²) in [6.45, 7) is 6.55. The highest BCUT2D eigenvalue weighted by atomic mass is 16.7. The van der Waals surface area contributed by atoms with E-state index in [0.717, 1.165) is 72.2 Å². The van der Waals surface area contributed by atoms with Crippen LogP contribution in [0.2, 0.25) is 0 Å². The van der Waals surface area contributed by atoms with Gasteiger partial charge in [0, 0.05) is 23.6 Å². The van der Waals surface area contributed by atoms with Crippen LogP contribution in [0.5, 0.6) is 0 Å². The molecule has 3 heterocycles. The number of hydrazine groups is 1. The minimum Gasteiger partial charge on any atom is -0.374 e. The highest BCUT2D eigenvalue weighted by Crippen LogP contribution is 2.33. The molecule has 0 unspecified atom stereocenters. The number of fused-ring (bicyclic) bond motifs is 1. The number of aryl methyl sites for hydroxylation is 1. The molecule has 0 radical (unpaired) electrons. The lowest BCUT2D eigenvalue weighted by molar-refractivity contribution is -0.142. The van der Waals surface area contributed by atoms with Crippen molar-refractivity contribution < 1.29 is 14.4 Å². The molecule has 0 amide bonds. The Morgan fingerprint density at radius 3 is 2.60 bits per heavy atom. The SMILES string of the molecule is C=CCOC1CCC(n2c(=O)c(Cc3ccc(-c4ccccc4N4CC(=O)ON4)cc3)c(CCC)n3ncnc23)CC1. The summed E-state index contributed by atoms with van der Waals surface area (Å²) in [7, 11) is 0. The van der Waals surface area contributed by atoms with Crippen LogP contribution in [0.3, 0.4) is 0 Å². The second-order valence-corrected chi connectivity index (χ2v) is 10.9. The Bertz CT molecular complexity index is 1640. The zero-order valence-corrected chi connectivity index (χ0v) is 23.9. The van der Waals surface area contributed by atoms with Crippen LogP contribution in [0.4, 0.5) is 5.69 Å². The van der Waals surface area contributed by atoms with Crippen molar-refractivity contribution in [2.24, 2.45) is 0 Å². The van der Waals surface area contributed by atoms with E-state index in [1.807, 2.05) is 33.3 Å². The Morgan fingerprint density at radius 1 is 1.10 bits per heavy atom. The fourth-order valence-electron chi connectivity index (χ4n) is 6.15. The topological polar surface area (TPSA) is 103 Å². The molecule has 2 fully saturated rings. The first-order valence-corrected chi connectivity index (χ1v) is 14.7. The number of benzene rings is 2. The fraction of sp³-hybridized carbons (Fsp3) is 0.375. The number of rotatable bonds is 10. The van der Waals surface area contributed by atoms with E-state index < -0.39 is 0 Å². The van der Waals surface area contributed by atoms with Gasteiger partial charge >= 0.3 is 5.97 Å². The molecule has 1 saturated heterocycles. The molecule has 1 aliphatic heterocycles. The van der Waals surface area contributed by atoms with E-state index in [-0.39, 0.29) is 30.2 Å². The smallest absolute Gasteiger partial charge is 0.347 e. The van der Waals surface area contributed by atoms with E-state index in [2.05, 4.69) is 53.4 Å². The molecule has 0 bridgehead atoms. The number of hydrogen-bond donors (Lipinski definition) is 1. The molecule has 10 nitrogen and oxygen atoms in total. The highest BCUT2D eigenvalue weighted by molar-refractivity contribution is 5.84. The molecule has 1 N–H and O–H groups in total. The van der Waals surface area contributed by atoms with Crippen molar-refractivity contribution >= 4 is 17.4 Å². The minimum atomic E-state index is -0.327. The van der Waals surface area contributed by atoms with Gasteiger partial charge in [0.25, 0.3) is 5.56 Å². The zero-order chi connectivity index (χ0) is 29.1.